The highest BCUT2D eigenvalue weighted by molar-refractivity contribution is 5.79. The molecule has 3 rings (SSSR count). The summed E-state index contributed by atoms with van der Waals surface area (Å²) in [4.78, 5) is 17.4. The summed E-state index contributed by atoms with van der Waals surface area (Å²) in [6, 6.07) is 16.0. The molecule has 5 nitrogen and oxygen atoms in total. The Morgan fingerprint density at radius 2 is 1.71 bits per heavy atom. The Morgan fingerprint density at radius 3 is 2.36 bits per heavy atom. The number of hydrogen-bond acceptors (Lipinski definition) is 4. The molecule has 5 heteroatoms. The van der Waals surface area contributed by atoms with Gasteiger partial charge in [-0.15, -0.1) is 0 Å². The third-order valence-corrected chi connectivity index (χ3v) is 5.48. The smallest absolute Gasteiger partial charge is 0.227 e. The van der Waals surface area contributed by atoms with Crippen molar-refractivity contribution in [1.29, 1.82) is 0 Å². The Hall–Kier alpha value is -2.53. The SMILES string of the molecule is COc1ccc(CC(=O)N(C)C(CN2CCCC2)c2ccccc2)cc1OC. The van der Waals surface area contributed by atoms with Crippen molar-refractivity contribution in [2.45, 2.75) is 25.3 Å². The average molecular weight is 383 g/mol. The Morgan fingerprint density at radius 1 is 1.04 bits per heavy atom. The molecule has 0 spiro atoms. The summed E-state index contributed by atoms with van der Waals surface area (Å²) in [6.07, 6.45) is 2.82. The van der Waals surface area contributed by atoms with Gasteiger partial charge in [0.2, 0.25) is 5.91 Å². The third kappa shape index (κ3) is 4.84. The Bertz CT molecular complexity index is 773. The molecule has 0 saturated carbocycles. The van der Waals surface area contributed by atoms with Crippen LogP contribution in [0.5, 0.6) is 11.5 Å². The van der Waals surface area contributed by atoms with Gasteiger partial charge in [-0.2, -0.15) is 0 Å². The highest BCUT2D eigenvalue weighted by Gasteiger charge is 2.25. The molecule has 0 aliphatic carbocycles. The van der Waals surface area contributed by atoms with Gasteiger partial charge < -0.3 is 19.3 Å². The zero-order chi connectivity index (χ0) is 19.9. The second-order valence-corrected chi connectivity index (χ2v) is 7.30. The van der Waals surface area contributed by atoms with Crippen LogP contribution in [0.15, 0.2) is 48.5 Å². The molecular formula is C23H30N2O3. The molecule has 0 N–H and O–H groups in total. The molecule has 1 fully saturated rings. The van der Waals surface area contributed by atoms with Crippen molar-refractivity contribution in [2.24, 2.45) is 0 Å². The van der Waals surface area contributed by atoms with E-state index in [1.54, 1.807) is 14.2 Å². The molecule has 0 radical (unpaired) electrons. The average Bonchev–Trinajstić information content (AvgIpc) is 3.25. The Kier molecular flexibility index (Phi) is 6.93. The van der Waals surface area contributed by atoms with E-state index in [9.17, 15) is 4.79 Å². The van der Waals surface area contributed by atoms with Crippen molar-refractivity contribution < 1.29 is 14.3 Å². The number of benzene rings is 2. The second-order valence-electron chi connectivity index (χ2n) is 7.30. The summed E-state index contributed by atoms with van der Waals surface area (Å²) in [5, 5.41) is 0. The standard InChI is InChI=1S/C23H30N2O3/c1-24(23(26)16-18-11-12-21(27-2)22(15-18)28-3)20(17-25-13-7-8-14-25)19-9-5-4-6-10-19/h4-6,9-12,15,20H,7-8,13-14,16-17H2,1-3H3. The number of likely N-dealkylation sites (N-methyl/N-ethyl adjacent to an activating group) is 1. The predicted octanol–water partition coefficient (Wildman–Crippen LogP) is 3.54. The van der Waals surface area contributed by atoms with Crippen molar-refractivity contribution >= 4 is 5.91 Å². The first kappa shape index (κ1) is 20.2. The van der Waals surface area contributed by atoms with E-state index in [1.165, 1.54) is 18.4 Å². The summed E-state index contributed by atoms with van der Waals surface area (Å²) in [5.74, 6) is 1.41. The molecule has 0 bridgehead atoms. The van der Waals surface area contributed by atoms with Gasteiger partial charge in [-0.3, -0.25) is 4.79 Å². The Labute approximate surface area is 167 Å². The minimum atomic E-state index is 0.0481. The molecule has 28 heavy (non-hydrogen) atoms. The fourth-order valence-corrected chi connectivity index (χ4v) is 3.80. The highest BCUT2D eigenvalue weighted by atomic mass is 16.5. The minimum Gasteiger partial charge on any atom is -0.493 e. The molecule has 1 aliphatic heterocycles. The van der Waals surface area contributed by atoms with Gasteiger partial charge in [0.1, 0.15) is 0 Å². The first-order valence-electron chi connectivity index (χ1n) is 9.86. The van der Waals surface area contributed by atoms with Crippen LogP contribution >= 0.6 is 0 Å². The van der Waals surface area contributed by atoms with Crippen molar-refractivity contribution in [3.8, 4) is 11.5 Å². The summed E-state index contributed by atoms with van der Waals surface area (Å²) >= 11 is 0. The van der Waals surface area contributed by atoms with E-state index in [0.29, 0.717) is 17.9 Å². The van der Waals surface area contributed by atoms with Crippen LogP contribution in [0.2, 0.25) is 0 Å². The number of nitrogens with zero attached hydrogens (tertiary/aromatic N) is 2. The quantitative estimate of drug-likeness (QED) is 0.700. The number of ether oxygens (including phenoxy) is 2. The van der Waals surface area contributed by atoms with Gasteiger partial charge in [-0.05, 0) is 49.2 Å². The number of hydrogen-bond donors (Lipinski definition) is 0. The molecule has 1 heterocycles. The number of likely N-dealkylation sites (tertiary alicyclic amines) is 1. The van der Waals surface area contributed by atoms with Crippen LogP contribution in [0.3, 0.4) is 0 Å². The van der Waals surface area contributed by atoms with Crippen molar-refractivity contribution in [1.82, 2.24) is 9.80 Å². The van der Waals surface area contributed by atoms with Crippen molar-refractivity contribution in [3.63, 3.8) is 0 Å². The molecule has 1 atom stereocenters. The van der Waals surface area contributed by atoms with Crippen LogP contribution in [0.4, 0.5) is 0 Å². The molecule has 2 aromatic carbocycles. The van der Waals surface area contributed by atoms with Crippen LogP contribution in [-0.4, -0.2) is 56.6 Å². The maximum absolute atomic E-state index is 13.1. The van der Waals surface area contributed by atoms with Crippen molar-refractivity contribution in [3.05, 3.63) is 59.7 Å². The van der Waals surface area contributed by atoms with Crippen molar-refractivity contribution in [2.75, 3.05) is 40.9 Å². The molecular weight excluding hydrogens is 352 g/mol. The van der Waals surface area contributed by atoms with Gasteiger partial charge in [0.25, 0.3) is 0 Å². The van der Waals surface area contributed by atoms with E-state index in [1.807, 2.05) is 48.3 Å². The normalized spacial score (nSPS) is 15.2. The maximum Gasteiger partial charge on any atom is 0.227 e. The van der Waals surface area contributed by atoms with Gasteiger partial charge in [-0.25, -0.2) is 0 Å². The number of amides is 1. The van der Waals surface area contributed by atoms with E-state index in [-0.39, 0.29) is 11.9 Å². The zero-order valence-electron chi connectivity index (χ0n) is 17.1. The maximum atomic E-state index is 13.1. The van der Waals surface area contributed by atoms with Gasteiger partial charge >= 0.3 is 0 Å². The molecule has 2 aromatic rings. The van der Waals surface area contributed by atoms with E-state index >= 15 is 0 Å². The van der Waals surface area contributed by atoms with Gasteiger partial charge in [-0.1, -0.05) is 36.4 Å². The van der Waals surface area contributed by atoms with E-state index in [4.69, 9.17) is 9.47 Å². The monoisotopic (exact) mass is 382 g/mol. The Balaban J connectivity index is 1.75. The molecule has 0 aromatic heterocycles. The fraction of sp³-hybridized carbons (Fsp3) is 0.435. The topological polar surface area (TPSA) is 42.0 Å². The van der Waals surface area contributed by atoms with Crippen LogP contribution in [0.1, 0.15) is 30.0 Å². The van der Waals surface area contributed by atoms with Gasteiger partial charge in [0, 0.05) is 13.6 Å². The highest BCUT2D eigenvalue weighted by Crippen LogP contribution is 2.29. The predicted molar refractivity (Wildman–Crippen MR) is 111 cm³/mol. The van der Waals surface area contributed by atoms with E-state index < -0.39 is 0 Å². The van der Waals surface area contributed by atoms with E-state index in [2.05, 4.69) is 17.0 Å². The lowest BCUT2D eigenvalue weighted by molar-refractivity contribution is -0.131. The first-order chi connectivity index (χ1) is 13.6. The largest absolute Gasteiger partial charge is 0.493 e. The third-order valence-electron chi connectivity index (χ3n) is 5.48. The zero-order valence-corrected chi connectivity index (χ0v) is 17.1. The number of rotatable bonds is 8. The summed E-state index contributed by atoms with van der Waals surface area (Å²) < 4.78 is 10.7. The summed E-state index contributed by atoms with van der Waals surface area (Å²) in [6.45, 7) is 3.10. The molecule has 150 valence electrons. The second kappa shape index (κ2) is 9.60. The lowest BCUT2D eigenvalue weighted by Crippen LogP contribution is -2.39. The van der Waals surface area contributed by atoms with E-state index in [0.717, 1.165) is 25.2 Å². The molecule has 1 saturated heterocycles. The lowest BCUT2D eigenvalue weighted by Gasteiger charge is -2.32. The van der Waals surface area contributed by atoms with Crippen LogP contribution in [0, 0.1) is 0 Å². The van der Waals surface area contributed by atoms with Crippen LogP contribution < -0.4 is 9.47 Å². The number of carbonyl (C=O) groups excluding carboxylic acids is 1. The van der Waals surface area contributed by atoms with Crippen LogP contribution in [0.25, 0.3) is 0 Å². The van der Waals surface area contributed by atoms with Gasteiger partial charge in [0.15, 0.2) is 11.5 Å². The molecule has 1 aliphatic rings. The summed E-state index contributed by atoms with van der Waals surface area (Å²) in [5.41, 5.74) is 2.10. The number of methoxy groups -OCH3 is 2. The van der Waals surface area contributed by atoms with Gasteiger partial charge in [0.05, 0.1) is 26.7 Å². The van der Waals surface area contributed by atoms with Crippen LogP contribution in [-0.2, 0) is 11.2 Å². The minimum absolute atomic E-state index is 0.0481. The number of carbonyl (C=O) groups is 1. The molecule has 1 unspecified atom stereocenters. The lowest BCUT2D eigenvalue weighted by atomic mass is 10.0. The fourth-order valence-electron chi connectivity index (χ4n) is 3.80. The molecule has 1 amide bonds. The summed E-state index contributed by atoms with van der Waals surface area (Å²) in [7, 11) is 5.13. The first-order valence-corrected chi connectivity index (χ1v) is 9.86.